The summed E-state index contributed by atoms with van der Waals surface area (Å²) in [6.07, 6.45) is 28.0. The zero-order chi connectivity index (χ0) is 26.5. The molecule has 212 valence electrons. The van der Waals surface area contributed by atoms with Crippen LogP contribution in [0.4, 0.5) is 0 Å². The summed E-state index contributed by atoms with van der Waals surface area (Å²) in [6, 6.07) is 0. The lowest BCUT2D eigenvalue weighted by atomic mass is 9.52. The standard InChI is InChI=1S/C32H60O4/c1-3-5-7-9-11-13-15-17-19-21-25-31(29(33)34)27-23-24-28-32(31,30(35)36)26-22-20-18-16-14-12-10-8-6-4-2/h3-28H2,1-2H3,(H,33,34)(H,35,36). The summed E-state index contributed by atoms with van der Waals surface area (Å²) in [4.78, 5) is 25.4. The van der Waals surface area contributed by atoms with Crippen molar-refractivity contribution in [2.45, 2.75) is 181 Å². The Bertz CT molecular complexity index is 525. The minimum atomic E-state index is -1.09. The number of hydrogen-bond donors (Lipinski definition) is 2. The Labute approximate surface area is 223 Å². The number of carbonyl (C=O) groups is 2. The van der Waals surface area contributed by atoms with E-state index in [-0.39, 0.29) is 0 Å². The summed E-state index contributed by atoms with van der Waals surface area (Å²) in [5, 5.41) is 20.8. The van der Waals surface area contributed by atoms with Crippen LogP contribution < -0.4 is 0 Å². The van der Waals surface area contributed by atoms with Crippen LogP contribution in [0.2, 0.25) is 0 Å². The molecule has 0 spiro atoms. The summed E-state index contributed by atoms with van der Waals surface area (Å²) < 4.78 is 0. The zero-order valence-corrected chi connectivity index (χ0v) is 24.1. The molecule has 0 aromatic rings. The number of unbranched alkanes of at least 4 members (excludes halogenated alkanes) is 18. The molecule has 4 heteroatoms. The Morgan fingerprint density at radius 1 is 0.472 bits per heavy atom. The topological polar surface area (TPSA) is 74.6 Å². The quantitative estimate of drug-likeness (QED) is 0.127. The Hall–Kier alpha value is -1.06. The number of rotatable bonds is 24. The molecule has 0 bridgehead atoms. The molecule has 0 saturated heterocycles. The van der Waals surface area contributed by atoms with Gasteiger partial charge in [-0.15, -0.1) is 0 Å². The van der Waals surface area contributed by atoms with Gasteiger partial charge >= 0.3 is 11.9 Å². The SMILES string of the molecule is CCCCCCCCCCCCC1(C(=O)O)CCCCC1(CCCCCCCCCCCC)C(=O)O. The minimum Gasteiger partial charge on any atom is -0.481 e. The molecule has 4 nitrogen and oxygen atoms in total. The predicted molar refractivity (Wildman–Crippen MR) is 152 cm³/mol. The second kappa shape index (κ2) is 20.0. The van der Waals surface area contributed by atoms with E-state index in [1.54, 1.807) is 0 Å². The van der Waals surface area contributed by atoms with Gasteiger partial charge in [-0.25, -0.2) is 0 Å². The van der Waals surface area contributed by atoms with Crippen LogP contribution in [0.25, 0.3) is 0 Å². The van der Waals surface area contributed by atoms with E-state index in [1.807, 2.05) is 0 Å². The molecule has 0 aromatic heterocycles. The van der Waals surface area contributed by atoms with Crippen molar-refractivity contribution in [1.29, 1.82) is 0 Å². The molecule has 0 aliphatic heterocycles. The fourth-order valence-electron chi connectivity index (χ4n) is 6.73. The van der Waals surface area contributed by atoms with Gasteiger partial charge in [0.15, 0.2) is 0 Å². The molecule has 36 heavy (non-hydrogen) atoms. The third-order valence-corrected chi connectivity index (χ3v) is 9.11. The summed E-state index contributed by atoms with van der Waals surface area (Å²) in [5.41, 5.74) is -2.17. The smallest absolute Gasteiger partial charge is 0.310 e. The molecule has 0 heterocycles. The van der Waals surface area contributed by atoms with Gasteiger partial charge in [0.25, 0.3) is 0 Å². The maximum Gasteiger partial charge on any atom is 0.310 e. The first-order valence-corrected chi connectivity index (χ1v) is 15.9. The van der Waals surface area contributed by atoms with Crippen LogP contribution in [-0.2, 0) is 9.59 Å². The van der Waals surface area contributed by atoms with Gasteiger partial charge in [-0.05, 0) is 25.7 Å². The maximum absolute atomic E-state index is 12.7. The lowest BCUT2D eigenvalue weighted by Crippen LogP contribution is -2.54. The van der Waals surface area contributed by atoms with Crippen LogP contribution in [0.1, 0.15) is 181 Å². The molecule has 1 rings (SSSR count). The van der Waals surface area contributed by atoms with Crippen LogP contribution in [0.15, 0.2) is 0 Å². The molecule has 1 fully saturated rings. The molecular formula is C32H60O4. The molecule has 2 unspecified atom stereocenters. The van der Waals surface area contributed by atoms with Gasteiger partial charge in [0.2, 0.25) is 0 Å². The van der Waals surface area contributed by atoms with E-state index in [0.29, 0.717) is 25.7 Å². The van der Waals surface area contributed by atoms with Crippen molar-refractivity contribution in [1.82, 2.24) is 0 Å². The van der Waals surface area contributed by atoms with Crippen LogP contribution in [0.3, 0.4) is 0 Å². The molecule has 2 N–H and O–H groups in total. The van der Waals surface area contributed by atoms with Crippen molar-refractivity contribution in [3.8, 4) is 0 Å². The first-order valence-electron chi connectivity index (χ1n) is 15.9. The van der Waals surface area contributed by atoms with Crippen LogP contribution >= 0.6 is 0 Å². The van der Waals surface area contributed by atoms with Gasteiger partial charge in [-0.3, -0.25) is 9.59 Å². The third-order valence-electron chi connectivity index (χ3n) is 9.11. The first-order chi connectivity index (χ1) is 17.5. The monoisotopic (exact) mass is 508 g/mol. The molecule has 1 aliphatic rings. The second-order valence-electron chi connectivity index (χ2n) is 11.8. The maximum atomic E-state index is 12.7. The summed E-state index contributed by atoms with van der Waals surface area (Å²) >= 11 is 0. The van der Waals surface area contributed by atoms with E-state index in [9.17, 15) is 19.8 Å². The summed E-state index contributed by atoms with van der Waals surface area (Å²) in [6.45, 7) is 4.49. The van der Waals surface area contributed by atoms with Gasteiger partial charge in [0.05, 0.1) is 10.8 Å². The Morgan fingerprint density at radius 3 is 0.972 bits per heavy atom. The van der Waals surface area contributed by atoms with Crippen LogP contribution in [0.5, 0.6) is 0 Å². The van der Waals surface area contributed by atoms with Crippen molar-refractivity contribution in [3.63, 3.8) is 0 Å². The third kappa shape index (κ3) is 11.1. The van der Waals surface area contributed by atoms with E-state index in [4.69, 9.17) is 0 Å². The normalized spacial score (nSPS) is 22.1. The van der Waals surface area contributed by atoms with Crippen LogP contribution in [-0.4, -0.2) is 22.2 Å². The van der Waals surface area contributed by atoms with E-state index in [1.165, 1.54) is 89.9 Å². The average molecular weight is 509 g/mol. The van der Waals surface area contributed by atoms with E-state index < -0.39 is 22.8 Å². The summed E-state index contributed by atoms with van der Waals surface area (Å²) in [5.74, 6) is -1.71. The van der Waals surface area contributed by atoms with Crippen molar-refractivity contribution in [3.05, 3.63) is 0 Å². The van der Waals surface area contributed by atoms with Crippen molar-refractivity contribution >= 4 is 11.9 Å². The number of aliphatic carboxylic acids is 2. The number of hydrogen-bond acceptors (Lipinski definition) is 2. The number of carboxylic acids is 2. The Balaban J connectivity index is 2.52. The molecule has 0 radical (unpaired) electrons. The lowest BCUT2D eigenvalue weighted by molar-refractivity contribution is -0.182. The van der Waals surface area contributed by atoms with Gasteiger partial charge in [-0.2, -0.15) is 0 Å². The highest BCUT2D eigenvalue weighted by Crippen LogP contribution is 2.57. The molecule has 0 amide bonds. The second-order valence-corrected chi connectivity index (χ2v) is 11.8. The largest absolute Gasteiger partial charge is 0.481 e. The molecule has 0 aromatic carbocycles. The van der Waals surface area contributed by atoms with Gasteiger partial charge in [-0.1, -0.05) is 155 Å². The molecular weight excluding hydrogens is 448 g/mol. The van der Waals surface area contributed by atoms with Gasteiger partial charge in [0, 0.05) is 0 Å². The predicted octanol–water partition coefficient (Wildman–Crippen LogP) is 10.3. The summed E-state index contributed by atoms with van der Waals surface area (Å²) in [7, 11) is 0. The Morgan fingerprint density at radius 2 is 0.722 bits per heavy atom. The highest BCUT2D eigenvalue weighted by Gasteiger charge is 2.61. The highest BCUT2D eigenvalue weighted by molar-refractivity contribution is 5.87. The fourth-order valence-corrected chi connectivity index (χ4v) is 6.73. The zero-order valence-electron chi connectivity index (χ0n) is 24.1. The van der Waals surface area contributed by atoms with Crippen molar-refractivity contribution in [2.75, 3.05) is 0 Å². The first kappa shape index (κ1) is 33.0. The van der Waals surface area contributed by atoms with Crippen molar-refractivity contribution in [2.24, 2.45) is 10.8 Å². The molecule has 1 aliphatic carbocycles. The Kier molecular flexibility index (Phi) is 18.3. The van der Waals surface area contributed by atoms with Gasteiger partial charge < -0.3 is 10.2 Å². The van der Waals surface area contributed by atoms with E-state index >= 15 is 0 Å². The molecule has 1 saturated carbocycles. The van der Waals surface area contributed by atoms with E-state index in [2.05, 4.69) is 13.8 Å². The number of carboxylic acid groups (broad SMARTS) is 2. The van der Waals surface area contributed by atoms with Gasteiger partial charge in [0.1, 0.15) is 0 Å². The van der Waals surface area contributed by atoms with Crippen LogP contribution in [0, 0.1) is 10.8 Å². The fraction of sp³-hybridized carbons (Fsp3) is 0.938. The lowest BCUT2D eigenvalue weighted by Gasteiger charge is -2.49. The van der Waals surface area contributed by atoms with Crippen molar-refractivity contribution < 1.29 is 19.8 Å². The highest BCUT2D eigenvalue weighted by atomic mass is 16.4. The minimum absolute atomic E-state index is 0.531. The van der Waals surface area contributed by atoms with E-state index in [0.717, 1.165) is 51.4 Å². The molecule has 2 atom stereocenters. The average Bonchev–Trinajstić information content (AvgIpc) is 2.86.